The van der Waals surface area contributed by atoms with Crippen LogP contribution in [0.1, 0.15) is 22.5 Å². The predicted molar refractivity (Wildman–Crippen MR) is 58.0 cm³/mol. The zero-order valence-electron chi connectivity index (χ0n) is 8.38. The molecule has 0 N–H and O–H groups in total. The molecule has 0 fully saturated rings. The summed E-state index contributed by atoms with van der Waals surface area (Å²) in [6.07, 6.45) is 4.93. The quantitative estimate of drug-likeness (QED) is 0.738. The molecule has 0 saturated carbocycles. The van der Waals surface area contributed by atoms with Crippen LogP contribution < -0.4 is 0 Å². The second-order valence-corrected chi connectivity index (χ2v) is 4.04. The van der Waals surface area contributed by atoms with Gasteiger partial charge in [0, 0.05) is 25.0 Å². The highest BCUT2D eigenvalue weighted by atomic mass is 32.1. The third kappa shape index (κ3) is 2.50. The van der Waals surface area contributed by atoms with E-state index >= 15 is 0 Å². The molecule has 0 bridgehead atoms. The molecule has 0 aliphatic rings. The standard InChI is InChI=1S/C10H11N3OS/c1-13-5-8(4-12-13)2-3-10(14)9-6-15-7-11-9/h4-7H,2-3H2,1H3. The molecule has 0 unspecified atom stereocenters. The molecule has 0 amide bonds. The Labute approximate surface area is 91.6 Å². The van der Waals surface area contributed by atoms with Gasteiger partial charge in [-0.2, -0.15) is 5.10 Å². The summed E-state index contributed by atoms with van der Waals surface area (Å²) in [5, 5.41) is 5.83. The number of hydrogen-bond donors (Lipinski definition) is 0. The summed E-state index contributed by atoms with van der Waals surface area (Å²) in [6, 6.07) is 0. The van der Waals surface area contributed by atoms with Crippen molar-refractivity contribution < 1.29 is 4.79 Å². The van der Waals surface area contributed by atoms with Crippen LogP contribution in [0.15, 0.2) is 23.3 Å². The number of Topliss-reactive ketones (excluding diaryl/α,β-unsaturated/α-hetero) is 1. The number of hydrogen-bond acceptors (Lipinski definition) is 4. The summed E-state index contributed by atoms with van der Waals surface area (Å²) in [7, 11) is 1.87. The van der Waals surface area contributed by atoms with Gasteiger partial charge in [0.05, 0.1) is 11.7 Å². The van der Waals surface area contributed by atoms with E-state index in [-0.39, 0.29) is 5.78 Å². The van der Waals surface area contributed by atoms with Gasteiger partial charge in [-0.05, 0) is 12.0 Å². The number of rotatable bonds is 4. The molecular formula is C10H11N3OS. The summed E-state index contributed by atoms with van der Waals surface area (Å²) < 4.78 is 1.74. The van der Waals surface area contributed by atoms with Crippen molar-refractivity contribution >= 4 is 17.1 Å². The van der Waals surface area contributed by atoms with E-state index < -0.39 is 0 Å². The van der Waals surface area contributed by atoms with E-state index in [9.17, 15) is 4.79 Å². The Hall–Kier alpha value is -1.49. The summed E-state index contributed by atoms with van der Waals surface area (Å²) in [5.41, 5.74) is 3.34. The number of thiazole rings is 1. The number of nitrogens with zero attached hydrogens (tertiary/aromatic N) is 3. The van der Waals surface area contributed by atoms with Crippen molar-refractivity contribution in [2.24, 2.45) is 7.05 Å². The molecule has 78 valence electrons. The molecule has 0 aliphatic carbocycles. The molecule has 0 radical (unpaired) electrons. The van der Waals surface area contributed by atoms with E-state index in [0.29, 0.717) is 12.1 Å². The first kappa shape index (κ1) is 10.0. The molecule has 2 aromatic heterocycles. The van der Waals surface area contributed by atoms with Gasteiger partial charge in [-0.25, -0.2) is 4.98 Å². The number of ketones is 1. The van der Waals surface area contributed by atoms with Crippen molar-refractivity contribution in [1.82, 2.24) is 14.8 Å². The molecule has 15 heavy (non-hydrogen) atoms. The molecule has 2 aromatic rings. The number of carbonyl (C=O) groups is 1. The molecular weight excluding hydrogens is 210 g/mol. The first-order valence-electron chi connectivity index (χ1n) is 4.64. The first-order valence-corrected chi connectivity index (χ1v) is 5.59. The van der Waals surface area contributed by atoms with Gasteiger partial charge < -0.3 is 0 Å². The number of aryl methyl sites for hydroxylation is 2. The largest absolute Gasteiger partial charge is 0.292 e. The van der Waals surface area contributed by atoms with Crippen molar-refractivity contribution in [2.75, 3.05) is 0 Å². The van der Waals surface area contributed by atoms with Gasteiger partial charge in [-0.15, -0.1) is 11.3 Å². The third-order valence-corrected chi connectivity index (χ3v) is 2.70. The summed E-state index contributed by atoms with van der Waals surface area (Å²) in [5.74, 6) is 0.0973. The van der Waals surface area contributed by atoms with Crippen LogP contribution in [0, 0.1) is 0 Å². The zero-order chi connectivity index (χ0) is 10.7. The summed E-state index contributed by atoms with van der Waals surface area (Å²) in [6.45, 7) is 0. The minimum absolute atomic E-state index is 0.0973. The fraction of sp³-hybridized carbons (Fsp3) is 0.300. The highest BCUT2D eigenvalue weighted by Crippen LogP contribution is 2.08. The summed E-state index contributed by atoms with van der Waals surface area (Å²) in [4.78, 5) is 15.6. The number of aromatic nitrogens is 3. The predicted octanol–water partition coefficient (Wildman–Crippen LogP) is 1.69. The smallest absolute Gasteiger partial charge is 0.182 e. The lowest BCUT2D eigenvalue weighted by Crippen LogP contribution is -2.00. The fourth-order valence-electron chi connectivity index (χ4n) is 1.34. The van der Waals surface area contributed by atoms with Gasteiger partial charge in [0.25, 0.3) is 0 Å². The molecule has 2 heterocycles. The Morgan fingerprint density at radius 3 is 3.07 bits per heavy atom. The van der Waals surface area contributed by atoms with Gasteiger partial charge >= 0.3 is 0 Å². The third-order valence-electron chi connectivity index (χ3n) is 2.12. The summed E-state index contributed by atoms with van der Waals surface area (Å²) >= 11 is 1.45. The lowest BCUT2D eigenvalue weighted by molar-refractivity contribution is 0.0978. The van der Waals surface area contributed by atoms with Crippen molar-refractivity contribution in [2.45, 2.75) is 12.8 Å². The van der Waals surface area contributed by atoms with Crippen LogP contribution in [0.3, 0.4) is 0 Å². The molecule has 0 saturated heterocycles. The maximum Gasteiger partial charge on any atom is 0.182 e. The average molecular weight is 221 g/mol. The lowest BCUT2D eigenvalue weighted by Gasteiger charge is -1.94. The van der Waals surface area contributed by atoms with Crippen LogP contribution in [-0.2, 0) is 13.5 Å². The Bertz CT molecular complexity index is 447. The van der Waals surface area contributed by atoms with E-state index in [1.54, 1.807) is 21.8 Å². The molecule has 0 spiro atoms. The van der Waals surface area contributed by atoms with Gasteiger partial charge in [0.15, 0.2) is 5.78 Å². The highest BCUT2D eigenvalue weighted by Gasteiger charge is 2.08. The Kier molecular flexibility index (Phi) is 2.91. The Morgan fingerprint density at radius 2 is 2.47 bits per heavy atom. The first-order chi connectivity index (χ1) is 7.25. The van der Waals surface area contributed by atoms with Crippen LogP contribution in [0.2, 0.25) is 0 Å². The van der Waals surface area contributed by atoms with Crippen LogP contribution in [-0.4, -0.2) is 20.5 Å². The average Bonchev–Trinajstić information content (AvgIpc) is 2.84. The van der Waals surface area contributed by atoms with Crippen LogP contribution >= 0.6 is 11.3 Å². The lowest BCUT2D eigenvalue weighted by atomic mass is 10.1. The maximum atomic E-state index is 11.6. The molecule has 2 rings (SSSR count). The fourth-order valence-corrected chi connectivity index (χ4v) is 1.89. The highest BCUT2D eigenvalue weighted by molar-refractivity contribution is 7.07. The molecule has 4 nitrogen and oxygen atoms in total. The van der Waals surface area contributed by atoms with E-state index in [4.69, 9.17) is 0 Å². The maximum absolute atomic E-state index is 11.6. The van der Waals surface area contributed by atoms with Crippen molar-refractivity contribution in [1.29, 1.82) is 0 Å². The van der Waals surface area contributed by atoms with E-state index in [0.717, 1.165) is 12.0 Å². The van der Waals surface area contributed by atoms with Crippen LogP contribution in [0.4, 0.5) is 0 Å². The minimum Gasteiger partial charge on any atom is -0.292 e. The molecule has 0 aliphatic heterocycles. The Balaban J connectivity index is 1.91. The molecule has 5 heteroatoms. The Morgan fingerprint density at radius 1 is 1.60 bits per heavy atom. The van der Waals surface area contributed by atoms with Crippen LogP contribution in [0.25, 0.3) is 0 Å². The molecule has 0 atom stereocenters. The van der Waals surface area contributed by atoms with Crippen molar-refractivity contribution in [3.8, 4) is 0 Å². The van der Waals surface area contributed by atoms with E-state index in [1.807, 2.05) is 13.2 Å². The second kappa shape index (κ2) is 4.35. The second-order valence-electron chi connectivity index (χ2n) is 3.32. The number of carbonyl (C=O) groups excluding carboxylic acids is 1. The topological polar surface area (TPSA) is 47.8 Å². The van der Waals surface area contributed by atoms with E-state index in [1.165, 1.54) is 11.3 Å². The SMILES string of the molecule is Cn1cc(CCC(=O)c2cscn2)cn1. The molecule has 0 aromatic carbocycles. The van der Waals surface area contributed by atoms with Crippen molar-refractivity contribution in [3.63, 3.8) is 0 Å². The normalized spacial score (nSPS) is 10.5. The minimum atomic E-state index is 0.0973. The van der Waals surface area contributed by atoms with Gasteiger partial charge in [-0.3, -0.25) is 9.48 Å². The monoisotopic (exact) mass is 221 g/mol. The van der Waals surface area contributed by atoms with E-state index in [2.05, 4.69) is 10.1 Å². The van der Waals surface area contributed by atoms with Gasteiger partial charge in [0.2, 0.25) is 0 Å². The van der Waals surface area contributed by atoms with Gasteiger partial charge in [-0.1, -0.05) is 0 Å². The van der Waals surface area contributed by atoms with Crippen LogP contribution in [0.5, 0.6) is 0 Å². The zero-order valence-corrected chi connectivity index (χ0v) is 9.20. The van der Waals surface area contributed by atoms with Gasteiger partial charge in [0.1, 0.15) is 5.69 Å². The van der Waals surface area contributed by atoms with Crippen molar-refractivity contribution in [3.05, 3.63) is 34.5 Å².